The molecular formula is C53H55F17O15. The van der Waals surface area contributed by atoms with Gasteiger partial charge in [0.25, 0.3) is 0 Å². The number of ether oxygens (including phenoxy) is 11. The zero-order chi connectivity index (χ0) is 63.7. The number of halogens is 17. The first-order valence-electron chi connectivity index (χ1n) is 25.2. The van der Waals surface area contributed by atoms with Crippen LogP contribution in [-0.2, 0) is 97.5 Å². The van der Waals surface area contributed by atoms with Crippen molar-refractivity contribution in [3.8, 4) is 0 Å². The van der Waals surface area contributed by atoms with E-state index in [4.69, 9.17) is 52.1 Å². The molecule has 0 N–H and O–H groups in total. The zero-order valence-electron chi connectivity index (χ0n) is 45.1. The van der Waals surface area contributed by atoms with Crippen LogP contribution in [0.1, 0.15) is 62.8 Å². The van der Waals surface area contributed by atoms with Crippen molar-refractivity contribution >= 4 is 23.9 Å². The standard InChI is InChI=1S/C53H55F17O15/c1-28(71)76-26-37-39(81-29(2)72)41(82-30(3)73)43(83-31(4)74)45(85-37)80-27-36-38(40(78-23-33-13-8-6-9-14-33)42(44(75-5)84-36)79-24-34-15-10-7-11-16-34)77-25-35-20-18-32(19-21-35)17-12-22-46(54,55)47(56,57)48(58,59)49(60,61)50(62,63)51(64,65)52(66,67)53(68,69)70/h6-11,13-16,18-21,36-45H,12,17,22-27H2,1-5H3/t36-,37-,38-,39+,40+,41+,42-,43-,44+,45-/m1/s1. The molecule has 0 bridgehead atoms. The van der Waals surface area contributed by atoms with E-state index in [-0.39, 0.29) is 24.3 Å². The molecule has 32 heteroatoms. The summed E-state index contributed by atoms with van der Waals surface area (Å²) in [5.41, 5.74) is 1.41. The number of carbonyl (C=O) groups is 4. The van der Waals surface area contributed by atoms with E-state index in [2.05, 4.69) is 0 Å². The molecular weight excluding hydrogens is 1200 g/mol. The monoisotopic (exact) mass is 1250 g/mol. The zero-order valence-corrected chi connectivity index (χ0v) is 45.1. The molecule has 0 amide bonds. The number of carbonyl (C=O) groups excluding carboxylic acids is 4. The van der Waals surface area contributed by atoms with Crippen molar-refractivity contribution in [2.24, 2.45) is 0 Å². The van der Waals surface area contributed by atoms with Crippen molar-refractivity contribution in [3.63, 3.8) is 0 Å². The van der Waals surface area contributed by atoms with Crippen molar-refractivity contribution in [2.45, 2.75) is 176 Å². The van der Waals surface area contributed by atoms with Crippen LogP contribution in [0.4, 0.5) is 74.6 Å². The second-order valence-electron chi connectivity index (χ2n) is 19.3. The van der Waals surface area contributed by atoms with Gasteiger partial charge in [-0.15, -0.1) is 0 Å². The Hall–Kier alpha value is -5.93. The molecule has 0 radical (unpaired) electrons. The Bertz CT molecular complexity index is 2670. The van der Waals surface area contributed by atoms with Crippen molar-refractivity contribution in [2.75, 3.05) is 20.3 Å². The molecule has 0 aliphatic carbocycles. The van der Waals surface area contributed by atoms with E-state index in [1.165, 1.54) is 19.2 Å². The number of esters is 4. The van der Waals surface area contributed by atoms with Crippen molar-refractivity contribution in [1.29, 1.82) is 0 Å². The van der Waals surface area contributed by atoms with E-state index in [9.17, 15) is 93.8 Å². The number of benzene rings is 3. The molecule has 0 saturated carbocycles. The largest absolute Gasteiger partial charge is 0.463 e. The fourth-order valence-electron chi connectivity index (χ4n) is 8.68. The number of methoxy groups -OCH3 is 1. The summed E-state index contributed by atoms with van der Waals surface area (Å²) < 4.78 is 301. The normalized spacial score (nSPS) is 23.9. The lowest BCUT2D eigenvalue weighted by Crippen LogP contribution is -2.74. The Labute approximate surface area is 472 Å². The predicted molar refractivity (Wildman–Crippen MR) is 252 cm³/mol. The van der Waals surface area contributed by atoms with Crippen LogP contribution in [-0.4, -0.2) is 153 Å². The van der Waals surface area contributed by atoms with Gasteiger partial charge in [-0.2, -0.15) is 74.6 Å². The maximum absolute atomic E-state index is 14.8. The molecule has 85 heavy (non-hydrogen) atoms. The van der Waals surface area contributed by atoms with Crippen LogP contribution in [0.15, 0.2) is 84.9 Å². The van der Waals surface area contributed by atoms with Crippen LogP contribution < -0.4 is 0 Å². The molecule has 0 aromatic heterocycles. The first-order chi connectivity index (χ1) is 39.3. The van der Waals surface area contributed by atoms with Gasteiger partial charge in [-0.25, -0.2) is 0 Å². The van der Waals surface area contributed by atoms with Gasteiger partial charge in [0.2, 0.25) is 0 Å². The molecule has 0 unspecified atom stereocenters. The molecule has 10 atom stereocenters. The van der Waals surface area contributed by atoms with Crippen molar-refractivity contribution < 1.29 is 146 Å². The lowest BCUT2D eigenvalue weighted by Gasteiger charge is -2.47. The van der Waals surface area contributed by atoms with Crippen LogP contribution in [0.25, 0.3) is 0 Å². The molecule has 3 aromatic carbocycles. The summed E-state index contributed by atoms with van der Waals surface area (Å²) in [6.07, 6.45) is -27.3. The maximum atomic E-state index is 14.8. The van der Waals surface area contributed by atoms with Gasteiger partial charge in [-0.3, -0.25) is 19.2 Å². The third-order valence-corrected chi connectivity index (χ3v) is 13.0. The first kappa shape index (κ1) is 69.8. The van der Waals surface area contributed by atoms with E-state index in [0.29, 0.717) is 11.1 Å². The van der Waals surface area contributed by atoms with Gasteiger partial charge in [0.05, 0.1) is 26.4 Å². The van der Waals surface area contributed by atoms with Crippen LogP contribution in [0.5, 0.6) is 0 Å². The number of rotatable bonds is 28. The van der Waals surface area contributed by atoms with Crippen LogP contribution in [0.2, 0.25) is 0 Å². The summed E-state index contributed by atoms with van der Waals surface area (Å²) in [7, 11) is 1.27. The van der Waals surface area contributed by atoms with Gasteiger partial charge in [0.1, 0.15) is 37.1 Å². The molecule has 2 aliphatic heterocycles. The average Bonchev–Trinajstić information content (AvgIpc) is 0.756. The summed E-state index contributed by atoms with van der Waals surface area (Å²) in [6, 6.07) is 22.0. The summed E-state index contributed by atoms with van der Waals surface area (Å²) >= 11 is 0. The smallest absolute Gasteiger partial charge is 0.460 e. The molecule has 15 nitrogen and oxygen atoms in total. The van der Waals surface area contributed by atoms with Gasteiger partial charge in [-0.1, -0.05) is 84.9 Å². The summed E-state index contributed by atoms with van der Waals surface area (Å²) in [6.45, 7) is 2.11. The highest BCUT2D eigenvalue weighted by atomic mass is 19.4. The minimum atomic E-state index is -8.73. The Kier molecular flexibility index (Phi) is 22.9. The molecule has 3 aromatic rings. The topological polar surface area (TPSA) is 170 Å². The molecule has 5 rings (SSSR count). The van der Waals surface area contributed by atoms with Crippen LogP contribution >= 0.6 is 0 Å². The number of aryl methyl sites for hydroxylation is 1. The van der Waals surface area contributed by atoms with Gasteiger partial charge < -0.3 is 52.1 Å². The van der Waals surface area contributed by atoms with Gasteiger partial charge in [-0.05, 0) is 35.1 Å². The van der Waals surface area contributed by atoms with E-state index >= 15 is 0 Å². The van der Waals surface area contributed by atoms with Crippen LogP contribution in [0, 0.1) is 0 Å². The summed E-state index contributed by atoms with van der Waals surface area (Å²) in [5.74, 6) is -60.7. The van der Waals surface area contributed by atoms with Gasteiger partial charge in [0.15, 0.2) is 30.9 Å². The number of hydrogen-bond acceptors (Lipinski definition) is 15. The first-order valence-corrected chi connectivity index (χ1v) is 25.2. The third-order valence-electron chi connectivity index (χ3n) is 13.0. The van der Waals surface area contributed by atoms with E-state index in [1.807, 2.05) is 0 Å². The summed E-state index contributed by atoms with van der Waals surface area (Å²) in [4.78, 5) is 49.4. The molecule has 476 valence electrons. The maximum Gasteiger partial charge on any atom is 0.460 e. The average molecular weight is 1250 g/mol. The number of alkyl halides is 17. The lowest BCUT2D eigenvalue weighted by atomic mass is 9.87. The Morgan fingerprint density at radius 2 is 0.812 bits per heavy atom. The highest BCUT2D eigenvalue weighted by Gasteiger charge is 2.95. The minimum absolute atomic E-state index is 0.0692. The SMILES string of the molecule is CO[C@H]1O[C@H](CO[C@@H]2O[C@H](COC(C)=O)[C@H](OC(C)=O)[C@H](OC(C)=O)[C@H]2OC(C)=O)[C@@H](OCc2ccc(CCCC(F)(F)C(F)(F)C(F)(F)C(F)(F)C(F)(F)C(F)(F)C(F)(F)C(F)(F)F)cc2)[C@H](OCc2ccccc2)[C@H]1OCc1ccccc1. The van der Waals surface area contributed by atoms with E-state index in [1.54, 1.807) is 60.7 Å². The summed E-state index contributed by atoms with van der Waals surface area (Å²) in [5, 5.41) is 0. The Morgan fingerprint density at radius 1 is 0.412 bits per heavy atom. The van der Waals surface area contributed by atoms with E-state index < -0.39 is 172 Å². The second kappa shape index (κ2) is 27.8. The fraction of sp³-hybridized carbons (Fsp3) is 0.585. The molecule has 2 heterocycles. The highest BCUT2D eigenvalue weighted by Crippen LogP contribution is 2.64. The van der Waals surface area contributed by atoms with Gasteiger partial charge in [0, 0.05) is 41.2 Å². The minimum Gasteiger partial charge on any atom is -0.463 e. The molecule has 2 fully saturated rings. The molecule has 2 saturated heterocycles. The fourth-order valence-corrected chi connectivity index (χ4v) is 8.68. The Balaban J connectivity index is 1.44. The van der Waals surface area contributed by atoms with Crippen LogP contribution in [0.3, 0.4) is 0 Å². The number of hydrogen-bond donors (Lipinski definition) is 0. The molecule has 0 spiro atoms. The van der Waals surface area contributed by atoms with E-state index in [0.717, 1.165) is 39.8 Å². The highest BCUT2D eigenvalue weighted by molar-refractivity contribution is 5.68. The van der Waals surface area contributed by atoms with Gasteiger partial charge >= 0.3 is 71.5 Å². The predicted octanol–water partition coefficient (Wildman–Crippen LogP) is 10.5. The Morgan fingerprint density at radius 3 is 1.28 bits per heavy atom. The third kappa shape index (κ3) is 15.8. The second-order valence-corrected chi connectivity index (χ2v) is 19.3. The lowest BCUT2D eigenvalue weighted by molar-refractivity contribution is -0.461. The van der Waals surface area contributed by atoms with Crippen molar-refractivity contribution in [3.05, 3.63) is 107 Å². The quantitative estimate of drug-likeness (QED) is 0.0382. The molecule has 2 aliphatic rings. The van der Waals surface area contributed by atoms with Crippen molar-refractivity contribution in [1.82, 2.24) is 0 Å².